The SMILES string of the molecule is C/C=C/N=C(C)OC. The van der Waals surface area contributed by atoms with Crippen molar-refractivity contribution in [3.8, 4) is 0 Å². The summed E-state index contributed by atoms with van der Waals surface area (Å²) in [7, 11) is 1.60. The molecule has 2 nitrogen and oxygen atoms in total. The number of aliphatic imine (C=N–C) groups is 1. The van der Waals surface area contributed by atoms with Crippen molar-refractivity contribution in [1.82, 2.24) is 0 Å². The molecule has 46 valence electrons. The van der Waals surface area contributed by atoms with Crippen LogP contribution in [-0.2, 0) is 4.74 Å². The fraction of sp³-hybridized carbons (Fsp3) is 0.500. The molecule has 0 spiro atoms. The summed E-state index contributed by atoms with van der Waals surface area (Å²) in [5.74, 6) is 0.683. The Labute approximate surface area is 49.9 Å². The Morgan fingerprint density at radius 2 is 2.25 bits per heavy atom. The zero-order valence-electron chi connectivity index (χ0n) is 5.51. The second-order valence-corrected chi connectivity index (χ2v) is 1.33. The van der Waals surface area contributed by atoms with Gasteiger partial charge in [0.15, 0.2) is 5.90 Å². The summed E-state index contributed by atoms with van der Waals surface area (Å²) in [5.41, 5.74) is 0. The first-order chi connectivity index (χ1) is 3.81. The van der Waals surface area contributed by atoms with Crippen molar-refractivity contribution in [1.29, 1.82) is 0 Å². The highest BCUT2D eigenvalue weighted by molar-refractivity contribution is 5.73. The monoisotopic (exact) mass is 113 g/mol. The Bertz CT molecular complexity index is 105. The third-order valence-electron chi connectivity index (χ3n) is 0.701. The Balaban J connectivity index is 3.57. The van der Waals surface area contributed by atoms with E-state index in [1.807, 2.05) is 13.0 Å². The first-order valence-corrected chi connectivity index (χ1v) is 2.50. The number of rotatable bonds is 1. The lowest BCUT2D eigenvalue weighted by molar-refractivity contribution is 0.400. The van der Waals surface area contributed by atoms with Gasteiger partial charge >= 0.3 is 0 Å². The molecule has 0 aromatic carbocycles. The predicted molar refractivity (Wildman–Crippen MR) is 34.9 cm³/mol. The van der Waals surface area contributed by atoms with E-state index in [0.29, 0.717) is 5.90 Å². The van der Waals surface area contributed by atoms with Crippen LogP contribution >= 0.6 is 0 Å². The molecule has 0 unspecified atom stereocenters. The van der Waals surface area contributed by atoms with Crippen molar-refractivity contribution >= 4 is 5.90 Å². The van der Waals surface area contributed by atoms with Crippen LogP contribution in [0.15, 0.2) is 17.3 Å². The second-order valence-electron chi connectivity index (χ2n) is 1.33. The van der Waals surface area contributed by atoms with Crippen LogP contribution < -0.4 is 0 Å². The van der Waals surface area contributed by atoms with Crippen LogP contribution in [0.25, 0.3) is 0 Å². The van der Waals surface area contributed by atoms with Crippen molar-refractivity contribution in [2.45, 2.75) is 13.8 Å². The van der Waals surface area contributed by atoms with Gasteiger partial charge in [-0.1, -0.05) is 6.08 Å². The van der Waals surface area contributed by atoms with Crippen molar-refractivity contribution in [3.05, 3.63) is 12.3 Å². The lowest BCUT2D eigenvalue weighted by atomic mass is 10.7. The molecule has 0 saturated carbocycles. The molecule has 0 fully saturated rings. The average molecular weight is 113 g/mol. The van der Waals surface area contributed by atoms with Gasteiger partial charge in [-0.15, -0.1) is 0 Å². The zero-order chi connectivity index (χ0) is 6.41. The van der Waals surface area contributed by atoms with Gasteiger partial charge in [0.05, 0.1) is 7.11 Å². The lowest BCUT2D eigenvalue weighted by Crippen LogP contribution is -1.90. The minimum absolute atomic E-state index is 0.683. The summed E-state index contributed by atoms with van der Waals surface area (Å²) < 4.78 is 4.75. The largest absolute Gasteiger partial charge is 0.484 e. The summed E-state index contributed by atoms with van der Waals surface area (Å²) in [4.78, 5) is 3.88. The fourth-order valence-electron chi connectivity index (χ4n) is 0.232. The summed E-state index contributed by atoms with van der Waals surface area (Å²) in [6.07, 6.45) is 3.54. The third-order valence-corrected chi connectivity index (χ3v) is 0.701. The lowest BCUT2D eigenvalue weighted by Gasteiger charge is -1.91. The first-order valence-electron chi connectivity index (χ1n) is 2.50. The Hall–Kier alpha value is -0.790. The molecule has 0 aliphatic heterocycles. The summed E-state index contributed by atoms with van der Waals surface area (Å²) in [6.45, 7) is 3.71. The van der Waals surface area contributed by atoms with E-state index in [2.05, 4.69) is 4.99 Å². The normalized spacial score (nSPS) is 12.6. The minimum atomic E-state index is 0.683. The van der Waals surface area contributed by atoms with Gasteiger partial charge in [-0.25, -0.2) is 4.99 Å². The number of methoxy groups -OCH3 is 1. The Morgan fingerprint density at radius 1 is 1.62 bits per heavy atom. The van der Waals surface area contributed by atoms with E-state index in [4.69, 9.17) is 4.74 Å². The summed E-state index contributed by atoms with van der Waals surface area (Å²) in [5, 5.41) is 0. The molecule has 0 heterocycles. The molecule has 0 N–H and O–H groups in total. The molecule has 0 radical (unpaired) electrons. The van der Waals surface area contributed by atoms with Crippen LogP contribution in [0, 0.1) is 0 Å². The van der Waals surface area contributed by atoms with Crippen LogP contribution in [0.4, 0.5) is 0 Å². The van der Waals surface area contributed by atoms with Crippen molar-refractivity contribution in [3.63, 3.8) is 0 Å². The smallest absolute Gasteiger partial charge is 0.184 e. The molecule has 0 atom stereocenters. The van der Waals surface area contributed by atoms with E-state index >= 15 is 0 Å². The summed E-state index contributed by atoms with van der Waals surface area (Å²) >= 11 is 0. The van der Waals surface area contributed by atoms with Crippen molar-refractivity contribution < 1.29 is 4.74 Å². The van der Waals surface area contributed by atoms with E-state index in [9.17, 15) is 0 Å². The molecule has 8 heavy (non-hydrogen) atoms. The highest BCUT2D eigenvalue weighted by Crippen LogP contribution is 1.78. The topological polar surface area (TPSA) is 21.6 Å². The molecule has 0 bridgehead atoms. The molecule has 2 heteroatoms. The number of ether oxygens (including phenoxy) is 1. The maximum absolute atomic E-state index is 4.75. The molecule has 0 aliphatic carbocycles. The summed E-state index contributed by atoms with van der Waals surface area (Å²) in [6, 6.07) is 0. The quantitative estimate of drug-likeness (QED) is 0.373. The number of allylic oxidation sites excluding steroid dienone is 1. The van der Waals surface area contributed by atoms with E-state index in [0.717, 1.165) is 0 Å². The predicted octanol–water partition coefficient (Wildman–Crippen LogP) is 1.58. The van der Waals surface area contributed by atoms with E-state index in [1.165, 1.54) is 0 Å². The van der Waals surface area contributed by atoms with Gasteiger partial charge < -0.3 is 4.74 Å². The fourth-order valence-corrected chi connectivity index (χ4v) is 0.232. The second kappa shape index (κ2) is 4.37. The van der Waals surface area contributed by atoms with Gasteiger partial charge in [0.1, 0.15) is 0 Å². The minimum Gasteiger partial charge on any atom is -0.484 e. The molecule has 0 aromatic rings. The van der Waals surface area contributed by atoms with Gasteiger partial charge in [0, 0.05) is 13.1 Å². The van der Waals surface area contributed by atoms with Crippen molar-refractivity contribution in [2.24, 2.45) is 4.99 Å². The maximum atomic E-state index is 4.75. The van der Waals surface area contributed by atoms with E-state index < -0.39 is 0 Å². The van der Waals surface area contributed by atoms with Crippen molar-refractivity contribution in [2.75, 3.05) is 7.11 Å². The molecular formula is C6H11NO. The Kier molecular flexibility index (Phi) is 3.94. The Morgan fingerprint density at radius 3 is 2.62 bits per heavy atom. The molecule has 0 aromatic heterocycles. The number of nitrogens with zero attached hydrogens (tertiary/aromatic N) is 1. The van der Waals surface area contributed by atoms with E-state index in [-0.39, 0.29) is 0 Å². The van der Waals surface area contributed by atoms with Gasteiger partial charge in [-0.3, -0.25) is 0 Å². The van der Waals surface area contributed by atoms with Crippen LogP contribution in [0.1, 0.15) is 13.8 Å². The van der Waals surface area contributed by atoms with Crippen LogP contribution in [0.2, 0.25) is 0 Å². The maximum Gasteiger partial charge on any atom is 0.184 e. The van der Waals surface area contributed by atoms with Gasteiger partial charge in [-0.2, -0.15) is 0 Å². The molecule has 0 rings (SSSR count). The van der Waals surface area contributed by atoms with Gasteiger partial charge in [0.2, 0.25) is 0 Å². The van der Waals surface area contributed by atoms with Crippen LogP contribution in [0.5, 0.6) is 0 Å². The number of hydrogen-bond donors (Lipinski definition) is 0. The third kappa shape index (κ3) is 3.40. The first kappa shape index (κ1) is 7.21. The molecule has 0 amide bonds. The van der Waals surface area contributed by atoms with Gasteiger partial charge in [0.25, 0.3) is 0 Å². The van der Waals surface area contributed by atoms with Gasteiger partial charge in [-0.05, 0) is 6.92 Å². The number of hydrogen-bond acceptors (Lipinski definition) is 2. The molecular weight excluding hydrogens is 102 g/mol. The van der Waals surface area contributed by atoms with Crippen LogP contribution in [-0.4, -0.2) is 13.0 Å². The zero-order valence-corrected chi connectivity index (χ0v) is 5.51. The van der Waals surface area contributed by atoms with E-state index in [1.54, 1.807) is 20.2 Å². The average Bonchev–Trinajstić information content (AvgIpc) is 1.83. The standard InChI is InChI=1S/C6H11NO/c1-4-5-7-6(2)8-3/h4-5H,1-3H3/b5-4+,7-6?. The highest BCUT2D eigenvalue weighted by atomic mass is 16.5. The molecule has 0 saturated heterocycles. The molecule has 0 aliphatic rings. The highest BCUT2D eigenvalue weighted by Gasteiger charge is 1.77. The van der Waals surface area contributed by atoms with Crippen LogP contribution in [0.3, 0.4) is 0 Å².